The summed E-state index contributed by atoms with van der Waals surface area (Å²) in [5, 5.41) is 37.9. The smallest absolute Gasteiger partial charge is 0.408 e. The number of likely N-dealkylation sites (N-methyl/N-ethyl adjacent to an activating group) is 1. The number of nitrogens with one attached hydrogen (secondary N) is 6. The molecule has 0 spiro atoms. The Bertz CT molecular complexity index is 2320. The first-order valence-corrected chi connectivity index (χ1v) is 24.1. The SMILES string of the molecule is CN[C@@H](CCCNCN)C(=O)Nc1ccc(COC(=O)N[C@@H](CO)C(=O)Nc2ccc3c(c2)[C@@]2(C)CCC[C@](C)(C(=O)NC(=O)[C@@]4(C)CCC[C@]5(C)c6cc(O)ccc6CC[C@@H]45)[C@@H]2CC3)cc1. The van der Waals surface area contributed by atoms with Gasteiger partial charge in [0, 0.05) is 18.0 Å². The fraction of sp³-hybridized carbons (Fsp3) is 0.558. The first-order valence-electron chi connectivity index (χ1n) is 24.1. The summed E-state index contributed by atoms with van der Waals surface area (Å²) in [7, 11) is 1.73. The molecule has 0 aromatic heterocycles. The van der Waals surface area contributed by atoms with Crippen molar-refractivity contribution in [3.8, 4) is 5.75 Å². The lowest BCUT2D eigenvalue weighted by atomic mass is 9.49. The van der Waals surface area contributed by atoms with Gasteiger partial charge in [0.1, 0.15) is 18.4 Å². The molecule has 2 fully saturated rings. The number of aliphatic hydroxyl groups excluding tert-OH is 1. The van der Waals surface area contributed by atoms with Gasteiger partial charge >= 0.3 is 6.09 Å². The molecule has 3 aromatic rings. The van der Waals surface area contributed by atoms with E-state index >= 15 is 0 Å². The third-order valence-corrected chi connectivity index (χ3v) is 16.3. The van der Waals surface area contributed by atoms with E-state index in [1.807, 2.05) is 44.2 Å². The Morgan fingerprint density at radius 2 is 1.30 bits per heavy atom. The van der Waals surface area contributed by atoms with Crippen LogP contribution in [0.4, 0.5) is 16.2 Å². The molecule has 0 aliphatic heterocycles. The van der Waals surface area contributed by atoms with Gasteiger partial charge in [0.05, 0.1) is 23.5 Å². The number of imide groups is 1. The number of anilines is 2. The van der Waals surface area contributed by atoms with Crippen molar-refractivity contribution in [2.75, 3.05) is 37.5 Å². The van der Waals surface area contributed by atoms with E-state index in [0.717, 1.165) is 74.5 Å². The summed E-state index contributed by atoms with van der Waals surface area (Å²) in [6.45, 7) is 8.78. The summed E-state index contributed by atoms with van der Waals surface area (Å²) in [6.07, 6.45) is 8.43. The zero-order valence-electron chi connectivity index (χ0n) is 39.8. The van der Waals surface area contributed by atoms with E-state index in [0.29, 0.717) is 49.4 Å². The Labute approximate surface area is 394 Å². The second kappa shape index (κ2) is 20.5. The molecule has 2 saturated carbocycles. The highest BCUT2D eigenvalue weighted by atomic mass is 16.5. The monoisotopic (exact) mass is 922 g/mol. The fourth-order valence-electron chi connectivity index (χ4n) is 12.5. The molecular weight excluding hydrogens is 851 g/mol. The minimum atomic E-state index is -1.30. The number of nitrogens with two attached hydrogens (primary N) is 1. The number of hydrogen-bond acceptors (Lipinski definition) is 11. The van der Waals surface area contributed by atoms with Gasteiger partial charge in [-0.2, -0.15) is 0 Å². The van der Waals surface area contributed by atoms with Crippen LogP contribution in [0.3, 0.4) is 0 Å². The van der Waals surface area contributed by atoms with Crippen LogP contribution in [0.25, 0.3) is 0 Å². The molecule has 0 bridgehead atoms. The quantitative estimate of drug-likeness (QED) is 0.0474. The maximum atomic E-state index is 14.7. The Kier molecular flexibility index (Phi) is 15.1. The number of carbonyl (C=O) groups excluding carboxylic acids is 5. The van der Waals surface area contributed by atoms with Gasteiger partial charge in [-0.25, -0.2) is 4.79 Å². The van der Waals surface area contributed by atoms with Crippen molar-refractivity contribution in [1.29, 1.82) is 0 Å². The Morgan fingerprint density at radius 1 is 0.746 bits per heavy atom. The highest BCUT2D eigenvalue weighted by Gasteiger charge is 2.58. The lowest BCUT2D eigenvalue weighted by Crippen LogP contribution is -2.60. The van der Waals surface area contributed by atoms with Crippen molar-refractivity contribution in [3.05, 3.63) is 88.5 Å². The van der Waals surface area contributed by atoms with Crippen molar-refractivity contribution in [1.82, 2.24) is 21.3 Å². The van der Waals surface area contributed by atoms with Gasteiger partial charge in [-0.05, 0) is 165 Å². The molecule has 4 aliphatic rings. The number of rotatable bonds is 16. The predicted molar refractivity (Wildman–Crippen MR) is 257 cm³/mol. The number of amides is 5. The van der Waals surface area contributed by atoms with Gasteiger partial charge in [-0.15, -0.1) is 0 Å². The standard InChI is InChI=1S/C52H71N7O8/c1-49-22-7-24-51(3,46(64)59-47(65)52(4)25-8-23-50(2)39-28-37(61)19-13-34(39)15-21-43(50)52)42(49)20-14-33-12-18-36(27-38(33)49)57-45(63)41(29-60)58-48(66)67-30-32-10-16-35(17-11-32)56-44(62)40(54-5)9-6-26-55-31-53/h10-13,16-19,27-28,40-43,54-55,60-61H,6-9,14-15,20-26,29-31,53H2,1-5H3,(H,56,62)(H,57,63)(H,58,66)(H,59,64,65)/t40-,41-,42+,43+,49+,50+,51-,52-/m0/s1. The van der Waals surface area contributed by atoms with E-state index < -0.39 is 40.9 Å². The van der Waals surface area contributed by atoms with E-state index in [1.54, 1.807) is 37.4 Å². The number of phenols is 1. The van der Waals surface area contributed by atoms with E-state index in [2.05, 4.69) is 45.7 Å². The number of ether oxygens (including phenoxy) is 1. The number of hydrogen-bond donors (Lipinski definition) is 9. The minimum Gasteiger partial charge on any atom is -0.508 e. The van der Waals surface area contributed by atoms with E-state index in [-0.39, 0.29) is 53.4 Å². The fourth-order valence-corrected chi connectivity index (χ4v) is 12.5. The maximum Gasteiger partial charge on any atom is 0.408 e. The molecular formula is C52H71N7O8. The molecule has 67 heavy (non-hydrogen) atoms. The summed E-state index contributed by atoms with van der Waals surface area (Å²) in [4.78, 5) is 68.3. The van der Waals surface area contributed by atoms with Gasteiger partial charge in [0.25, 0.3) is 0 Å². The average molecular weight is 922 g/mol. The number of aromatic hydroxyl groups is 1. The number of aliphatic hydroxyl groups is 1. The van der Waals surface area contributed by atoms with Crippen molar-refractivity contribution in [2.24, 2.45) is 28.4 Å². The molecule has 0 saturated heterocycles. The second-order valence-electron chi connectivity index (χ2n) is 20.4. The van der Waals surface area contributed by atoms with E-state index in [9.17, 15) is 34.2 Å². The van der Waals surface area contributed by atoms with Crippen LogP contribution in [0.5, 0.6) is 5.75 Å². The molecule has 7 rings (SSSR count). The Morgan fingerprint density at radius 3 is 1.88 bits per heavy atom. The van der Waals surface area contributed by atoms with Crippen LogP contribution in [0.15, 0.2) is 60.7 Å². The van der Waals surface area contributed by atoms with Gasteiger partial charge in [0.2, 0.25) is 23.6 Å². The van der Waals surface area contributed by atoms with Crippen molar-refractivity contribution < 1.29 is 38.9 Å². The van der Waals surface area contributed by atoms with Crippen LogP contribution in [-0.2, 0) is 54.2 Å². The highest BCUT2D eigenvalue weighted by molar-refractivity contribution is 6.01. The number of benzene rings is 3. The first-order chi connectivity index (χ1) is 32.0. The Balaban J connectivity index is 0.954. The predicted octanol–water partition coefficient (Wildman–Crippen LogP) is 5.79. The summed E-state index contributed by atoms with van der Waals surface area (Å²) >= 11 is 0. The van der Waals surface area contributed by atoms with Crippen LogP contribution < -0.4 is 37.6 Å². The Hall–Kier alpha value is -5.35. The van der Waals surface area contributed by atoms with E-state index in [4.69, 9.17) is 10.5 Å². The average Bonchev–Trinajstić information content (AvgIpc) is 3.30. The van der Waals surface area contributed by atoms with Crippen LogP contribution in [0.2, 0.25) is 0 Å². The number of aryl methyl sites for hydroxylation is 2. The van der Waals surface area contributed by atoms with Crippen LogP contribution >= 0.6 is 0 Å². The van der Waals surface area contributed by atoms with Gasteiger partial charge in [-0.3, -0.25) is 24.5 Å². The number of carbonyl (C=O) groups is 5. The van der Waals surface area contributed by atoms with Gasteiger partial charge in [0.15, 0.2) is 0 Å². The summed E-state index contributed by atoms with van der Waals surface area (Å²) in [6, 6.07) is 16.6. The molecule has 0 unspecified atom stereocenters. The summed E-state index contributed by atoms with van der Waals surface area (Å²) < 4.78 is 5.38. The third kappa shape index (κ3) is 10.1. The molecule has 15 nitrogen and oxygen atoms in total. The third-order valence-electron chi connectivity index (χ3n) is 16.3. The largest absolute Gasteiger partial charge is 0.508 e. The first kappa shape index (κ1) is 49.6. The molecule has 15 heteroatoms. The normalized spacial score (nSPS) is 27.1. The van der Waals surface area contributed by atoms with Crippen LogP contribution in [0, 0.1) is 22.7 Å². The number of alkyl carbamates (subject to hydrolysis) is 1. The topological polar surface area (TPSA) is 233 Å². The number of phenolic OH excluding ortho intramolecular Hbond substituents is 1. The zero-order valence-corrected chi connectivity index (χ0v) is 39.8. The van der Waals surface area contributed by atoms with Crippen molar-refractivity contribution >= 4 is 41.1 Å². The molecule has 0 radical (unpaired) electrons. The van der Waals surface area contributed by atoms with E-state index in [1.165, 1.54) is 5.56 Å². The zero-order chi connectivity index (χ0) is 48.1. The second-order valence-corrected chi connectivity index (χ2v) is 20.4. The lowest BCUT2D eigenvalue weighted by Gasteiger charge is -2.56. The van der Waals surface area contributed by atoms with Crippen molar-refractivity contribution in [2.45, 2.75) is 134 Å². The molecule has 5 amide bonds. The molecule has 8 atom stereocenters. The van der Waals surface area contributed by atoms with Crippen LogP contribution in [-0.4, -0.2) is 78.9 Å². The molecule has 3 aromatic carbocycles. The maximum absolute atomic E-state index is 14.7. The minimum absolute atomic E-state index is 0.0192. The molecule has 362 valence electrons. The number of fused-ring (bicyclic) bond motifs is 6. The summed E-state index contributed by atoms with van der Waals surface area (Å²) in [5.41, 5.74) is 9.44. The lowest BCUT2D eigenvalue weighted by molar-refractivity contribution is -0.150. The van der Waals surface area contributed by atoms with Crippen LogP contribution in [0.1, 0.15) is 120 Å². The molecule has 0 heterocycles. The van der Waals surface area contributed by atoms with Gasteiger partial charge < -0.3 is 47.3 Å². The highest BCUT2D eigenvalue weighted by Crippen LogP contribution is 2.60. The molecule has 10 N–H and O–H groups in total. The summed E-state index contributed by atoms with van der Waals surface area (Å²) in [5.74, 6) is -1.04. The van der Waals surface area contributed by atoms with Crippen molar-refractivity contribution in [3.63, 3.8) is 0 Å². The molecule has 4 aliphatic carbocycles. The van der Waals surface area contributed by atoms with Gasteiger partial charge in [-0.1, -0.05) is 64.8 Å².